The molecule has 2 unspecified atom stereocenters. The Kier molecular flexibility index (Phi) is 2.52. The summed E-state index contributed by atoms with van der Waals surface area (Å²) in [7, 11) is -4.43. The molecule has 0 aromatic heterocycles. The molecule has 2 atom stereocenters. The minimum Gasteiger partial charge on any atom is -0.263 e. The van der Waals surface area contributed by atoms with Crippen LogP contribution in [0.1, 0.15) is 6.42 Å². The second-order valence-corrected chi connectivity index (χ2v) is 3.49. The molecular formula is C7H8O4S. The van der Waals surface area contributed by atoms with Gasteiger partial charge in [0.15, 0.2) is 0 Å². The van der Waals surface area contributed by atoms with Crippen LogP contribution in [0.3, 0.4) is 0 Å². The maximum Gasteiger partial charge on any atom is 0.398 e. The lowest BCUT2D eigenvalue weighted by atomic mass is 9.90. The van der Waals surface area contributed by atoms with Gasteiger partial charge >= 0.3 is 10.4 Å². The van der Waals surface area contributed by atoms with E-state index in [-0.39, 0.29) is 5.92 Å². The summed E-state index contributed by atoms with van der Waals surface area (Å²) in [4.78, 5) is 0. The third-order valence-electron chi connectivity index (χ3n) is 1.57. The van der Waals surface area contributed by atoms with Gasteiger partial charge in [0.1, 0.15) is 6.10 Å². The Hall–Kier alpha value is -0.830. The summed E-state index contributed by atoms with van der Waals surface area (Å²) in [5.74, 6) is 2.05. The van der Waals surface area contributed by atoms with Crippen LogP contribution in [0, 0.1) is 18.3 Å². The highest BCUT2D eigenvalue weighted by atomic mass is 32.3. The Labute approximate surface area is 71.2 Å². The zero-order chi connectivity index (χ0) is 9.19. The molecule has 0 aliphatic heterocycles. The Morgan fingerprint density at radius 1 is 1.75 bits per heavy atom. The Morgan fingerprint density at radius 2 is 2.33 bits per heavy atom. The molecular weight excluding hydrogens is 180 g/mol. The van der Waals surface area contributed by atoms with Crippen molar-refractivity contribution in [3.8, 4) is 12.3 Å². The highest BCUT2D eigenvalue weighted by Gasteiger charge is 2.25. The second kappa shape index (κ2) is 3.27. The van der Waals surface area contributed by atoms with Crippen LogP contribution >= 0.6 is 0 Å². The predicted molar refractivity (Wildman–Crippen MR) is 42.5 cm³/mol. The monoisotopic (exact) mass is 188 g/mol. The molecule has 1 aliphatic rings. The molecule has 0 fully saturated rings. The summed E-state index contributed by atoms with van der Waals surface area (Å²) >= 11 is 0. The lowest BCUT2D eigenvalue weighted by Crippen LogP contribution is -2.26. The van der Waals surface area contributed by atoms with Gasteiger partial charge in [-0.1, -0.05) is 18.1 Å². The summed E-state index contributed by atoms with van der Waals surface area (Å²) in [6.45, 7) is 0. The van der Waals surface area contributed by atoms with E-state index in [4.69, 9.17) is 11.0 Å². The maximum absolute atomic E-state index is 10.3. The van der Waals surface area contributed by atoms with Gasteiger partial charge in [-0.05, 0) is 6.42 Å². The first-order valence-corrected chi connectivity index (χ1v) is 4.68. The molecule has 0 saturated heterocycles. The SMILES string of the molecule is C#CC(OS(=O)(=O)O)C1C=CC1. The molecule has 0 heterocycles. The summed E-state index contributed by atoms with van der Waals surface area (Å²) in [6.07, 6.45) is 8.40. The van der Waals surface area contributed by atoms with Crippen molar-refractivity contribution in [1.29, 1.82) is 0 Å². The first kappa shape index (κ1) is 9.26. The highest BCUT2D eigenvalue weighted by Crippen LogP contribution is 2.23. The standard InChI is InChI=1S/C7H8O4S/c1-2-7(6-4-3-5-6)11-12(8,9)10/h1,3-4,6-7H,5H2,(H,8,9,10). The maximum atomic E-state index is 10.3. The lowest BCUT2D eigenvalue weighted by Gasteiger charge is -2.22. The first-order valence-electron chi connectivity index (χ1n) is 3.31. The quantitative estimate of drug-likeness (QED) is 0.395. The third kappa shape index (κ3) is 2.34. The van der Waals surface area contributed by atoms with E-state index in [9.17, 15) is 8.42 Å². The van der Waals surface area contributed by atoms with Crippen molar-refractivity contribution in [2.75, 3.05) is 0 Å². The van der Waals surface area contributed by atoms with Crippen molar-refractivity contribution in [1.82, 2.24) is 0 Å². The highest BCUT2D eigenvalue weighted by molar-refractivity contribution is 7.80. The zero-order valence-electron chi connectivity index (χ0n) is 6.17. The molecule has 0 aromatic carbocycles. The summed E-state index contributed by atoms with van der Waals surface area (Å²) in [6, 6.07) is 0. The number of rotatable bonds is 3. The van der Waals surface area contributed by atoms with Gasteiger partial charge < -0.3 is 0 Å². The zero-order valence-corrected chi connectivity index (χ0v) is 6.99. The van der Waals surface area contributed by atoms with Gasteiger partial charge in [-0.15, -0.1) is 6.42 Å². The Balaban J connectivity index is 2.60. The minimum atomic E-state index is -4.43. The number of allylic oxidation sites excluding steroid dienone is 1. The van der Waals surface area contributed by atoms with Gasteiger partial charge in [-0.2, -0.15) is 8.42 Å². The van der Waals surface area contributed by atoms with E-state index in [2.05, 4.69) is 10.1 Å². The van der Waals surface area contributed by atoms with Crippen LogP contribution in [0.25, 0.3) is 0 Å². The normalized spacial score (nSPS) is 24.2. The van der Waals surface area contributed by atoms with Gasteiger partial charge in [-0.3, -0.25) is 4.55 Å². The fraction of sp³-hybridized carbons (Fsp3) is 0.429. The van der Waals surface area contributed by atoms with Crippen LogP contribution in [0.2, 0.25) is 0 Å². The molecule has 0 amide bonds. The predicted octanol–water partition coefficient (Wildman–Crippen LogP) is 0.384. The molecule has 66 valence electrons. The van der Waals surface area contributed by atoms with E-state index in [1.807, 2.05) is 6.08 Å². The van der Waals surface area contributed by atoms with Crippen LogP contribution in [0.4, 0.5) is 0 Å². The molecule has 0 radical (unpaired) electrons. The summed E-state index contributed by atoms with van der Waals surface area (Å²) in [5.41, 5.74) is 0. The van der Waals surface area contributed by atoms with Crippen molar-refractivity contribution in [3.05, 3.63) is 12.2 Å². The molecule has 0 bridgehead atoms. The fourth-order valence-electron chi connectivity index (χ4n) is 0.871. The van der Waals surface area contributed by atoms with Gasteiger partial charge in [0.2, 0.25) is 0 Å². The summed E-state index contributed by atoms with van der Waals surface area (Å²) in [5, 5.41) is 0. The average molecular weight is 188 g/mol. The van der Waals surface area contributed by atoms with Crippen LogP contribution in [-0.2, 0) is 14.6 Å². The van der Waals surface area contributed by atoms with Crippen LogP contribution in [-0.4, -0.2) is 19.1 Å². The van der Waals surface area contributed by atoms with Crippen molar-refractivity contribution in [2.45, 2.75) is 12.5 Å². The molecule has 0 spiro atoms. The van der Waals surface area contributed by atoms with Crippen molar-refractivity contribution < 1.29 is 17.2 Å². The van der Waals surface area contributed by atoms with Gasteiger partial charge in [-0.25, -0.2) is 4.18 Å². The average Bonchev–Trinajstić information content (AvgIpc) is 1.79. The number of hydrogen-bond acceptors (Lipinski definition) is 3. The van der Waals surface area contributed by atoms with Crippen molar-refractivity contribution in [2.24, 2.45) is 5.92 Å². The molecule has 1 N–H and O–H groups in total. The van der Waals surface area contributed by atoms with E-state index in [1.54, 1.807) is 6.08 Å². The van der Waals surface area contributed by atoms with Crippen LogP contribution < -0.4 is 0 Å². The van der Waals surface area contributed by atoms with Crippen LogP contribution in [0.15, 0.2) is 12.2 Å². The second-order valence-electron chi connectivity index (χ2n) is 2.44. The Bertz CT molecular complexity index is 322. The molecule has 1 aliphatic carbocycles. The summed E-state index contributed by atoms with van der Waals surface area (Å²) < 4.78 is 33.1. The van der Waals surface area contributed by atoms with E-state index in [1.165, 1.54) is 0 Å². The van der Waals surface area contributed by atoms with Gasteiger partial charge in [0, 0.05) is 5.92 Å². The van der Waals surface area contributed by atoms with E-state index in [0.29, 0.717) is 6.42 Å². The Morgan fingerprint density at radius 3 is 2.58 bits per heavy atom. The lowest BCUT2D eigenvalue weighted by molar-refractivity contribution is 0.184. The number of terminal acetylenes is 1. The van der Waals surface area contributed by atoms with E-state index in [0.717, 1.165) is 0 Å². The molecule has 0 saturated carbocycles. The first-order chi connectivity index (χ1) is 5.53. The molecule has 4 nitrogen and oxygen atoms in total. The number of hydrogen-bond donors (Lipinski definition) is 1. The van der Waals surface area contributed by atoms with Crippen LogP contribution in [0.5, 0.6) is 0 Å². The van der Waals surface area contributed by atoms with Crippen molar-refractivity contribution >= 4 is 10.4 Å². The molecule has 0 aromatic rings. The topological polar surface area (TPSA) is 63.6 Å². The smallest absolute Gasteiger partial charge is 0.263 e. The van der Waals surface area contributed by atoms with Gasteiger partial charge in [0.25, 0.3) is 0 Å². The minimum absolute atomic E-state index is 0.100. The largest absolute Gasteiger partial charge is 0.398 e. The fourth-order valence-corrected chi connectivity index (χ4v) is 1.33. The van der Waals surface area contributed by atoms with Gasteiger partial charge in [0.05, 0.1) is 0 Å². The molecule has 1 rings (SSSR count). The van der Waals surface area contributed by atoms with E-state index < -0.39 is 16.5 Å². The molecule has 12 heavy (non-hydrogen) atoms. The van der Waals surface area contributed by atoms with Crippen molar-refractivity contribution in [3.63, 3.8) is 0 Å². The van der Waals surface area contributed by atoms with E-state index >= 15 is 0 Å². The molecule has 5 heteroatoms. The third-order valence-corrected chi connectivity index (χ3v) is 2.02.